The van der Waals surface area contributed by atoms with Gasteiger partial charge in [0.05, 0.1) is 0 Å². The molecule has 2 aromatic carbocycles. The third-order valence-corrected chi connectivity index (χ3v) is 4.55. The van der Waals surface area contributed by atoms with E-state index in [9.17, 15) is 4.39 Å². The zero-order valence-electron chi connectivity index (χ0n) is 16.0. The van der Waals surface area contributed by atoms with Crippen LogP contribution < -0.4 is 0 Å². The minimum Gasteiger partial charge on any atom is -0.207 e. The van der Waals surface area contributed by atoms with Crippen LogP contribution in [0, 0.1) is 0 Å². The van der Waals surface area contributed by atoms with Crippen LogP contribution >= 0.6 is 0 Å². The van der Waals surface area contributed by atoms with Gasteiger partial charge in [-0.25, -0.2) is 4.39 Å². The summed E-state index contributed by atoms with van der Waals surface area (Å²) in [5, 5.41) is 0. The maximum absolute atomic E-state index is 13.7. The predicted molar refractivity (Wildman–Crippen MR) is 112 cm³/mol. The minimum atomic E-state index is -0.425. The Hall–Kier alpha value is -2.41. The van der Waals surface area contributed by atoms with Crippen LogP contribution in [0.25, 0.3) is 5.57 Å². The number of hydrogen-bond acceptors (Lipinski definition) is 0. The number of rotatable bonds is 4. The molecule has 0 heterocycles. The number of halogens is 1. The highest BCUT2D eigenvalue weighted by atomic mass is 19.1. The van der Waals surface area contributed by atoms with Crippen LogP contribution in [0.5, 0.6) is 0 Å². The normalized spacial score (nSPS) is 16.1. The lowest BCUT2D eigenvalue weighted by Gasteiger charge is -2.26. The fraction of sp³-hybridized carbons (Fsp3) is 0.280. The van der Waals surface area contributed by atoms with Crippen molar-refractivity contribution in [2.24, 2.45) is 0 Å². The van der Waals surface area contributed by atoms with Crippen LogP contribution in [0.4, 0.5) is 4.39 Å². The average Bonchev–Trinajstić information content (AvgIpc) is 2.66. The Kier molecular flexibility index (Phi) is 7.59. The van der Waals surface area contributed by atoms with E-state index in [1.165, 1.54) is 29.5 Å². The molecular formula is C25H29F. The van der Waals surface area contributed by atoms with Crippen LogP contribution in [0.1, 0.15) is 61.3 Å². The maximum atomic E-state index is 13.7. The lowest BCUT2D eigenvalue weighted by molar-refractivity contribution is 0.616. The molecule has 0 radical (unpaired) electrons. The van der Waals surface area contributed by atoms with Gasteiger partial charge < -0.3 is 0 Å². The van der Waals surface area contributed by atoms with Gasteiger partial charge in [-0.05, 0) is 41.5 Å². The third kappa shape index (κ3) is 4.82. The molecule has 0 saturated heterocycles. The molecule has 0 aromatic heterocycles. The predicted octanol–water partition coefficient (Wildman–Crippen LogP) is 7.62. The first-order chi connectivity index (χ1) is 12.6. The summed E-state index contributed by atoms with van der Waals surface area (Å²) in [6.07, 6.45) is 8.00. The van der Waals surface area contributed by atoms with Crippen LogP contribution in [0.3, 0.4) is 0 Å². The molecule has 0 amide bonds. The Bertz CT molecular complexity index is 782. The Morgan fingerprint density at radius 3 is 2.58 bits per heavy atom. The molecule has 3 rings (SSSR count). The Morgan fingerprint density at radius 1 is 1.15 bits per heavy atom. The molecule has 0 spiro atoms. The standard InChI is InChI=1S/C22H21F.C3H8/c1-3-8-20(16(2)23)18-11-6-12-19(15-18)22-14-7-10-17-9-4-5-13-21(17)22;1-3-2/h3-6,8-9,11-13,15,22H,1-2,7,10,14H2;3H2,1-2H3/b20-8+;/t22-;/m1./s1. The van der Waals surface area contributed by atoms with Crippen LogP contribution in [0.2, 0.25) is 0 Å². The van der Waals surface area contributed by atoms with E-state index in [2.05, 4.69) is 63.4 Å². The topological polar surface area (TPSA) is 0 Å². The van der Waals surface area contributed by atoms with Gasteiger partial charge >= 0.3 is 0 Å². The van der Waals surface area contributed by atoms with E-state index in [4.69, 9.17) is 0 Å². The molecule has 0 saturated carbocycles. The van der Waals surface area contributed by atoms with E-state index in [0.717, 1.165) is 18.4 Å². The van der Waals surface area contributed by atoms with Gasteiger partial charge in [-0.1, -0.05) is 94.1 Å². The second kappa shape index (κ2) is 9.91. The van der Waals surface area contributed by atoms with Gasteiger partial charge in [0.1, 0.15) is 5.83 Å². The second-order valence-corrected chi connectivity index (χ2v) is 6.70. The van der Waals surface area contributed by atoms with Crippen molar-refractivity contribution in [3.05, 3.63) is 102 Å². The highest BCUT2D eigenvalue weighted by Crippen LogP contribution is 2.37. The second-order valence-electron chi connectivity index (χ2n) is 6.70. The van der Waals surface area contributed by atoms with Crippen molar-refractivity contribution in [1.82, 2.24) is 0 Å². The summed E-state index contributed by atoms with van der Waals surface area (Å²) in [7, 11) is 0. The van der Waals surface area contributed by atoms with E-state index in [1.54, 1.807) is 12.2 Å². The lowest BCUT2D eigenvalue weighted by atomic mass is 9.78. The largest absolute Gasteiger partial charge is 0.207 e. The Balaban J connectivity index is 0.000000758. The molecule has 0 N–H and O–H groups in total. The van der Waals surface area contributed by atoms with Crippen molar-refractivity contribution in [2.75, 3.05) is 0 Å². The van der Waals surface area contributed by atoms with Gasteiger partial charge in [-0.2, -0.15) is 0 Å². The molecule has 2 aromatic rings. The van der Waals surface area contributed by atoms with Crippen molar-refractivity contribution >= 4 is 5.57 Å². The molecular weight excluding hydrogens is 319 g/mol. The van der Waals surface area contributed by atoms with Crippen LogP contribution in [-0.2, 0) is 6.42 Å². The number of aryl methyl sites for hydroxylation is 1. The van der Waals surface area contributed by atoms with Crippen LogP contribution in [-0.4, -0.2) is 0 Å². The first-order valence-electron chi connectivity index (χ1n) is 9.47. The fourth-order valence-electron chi connectivity index (χ4n) is 3.48. The summed E-state index contributed by atoms with van der Waals surface area (Å²) in [5.74, 6) is -0.0381. The van der Waals surface area contributed by atoms with E-state index < -0.39 is 5.83 Å². The van der Waals surface area contributed by atoms with E-state index >= 15 is 0 Å². The van der Waals surface area contributed by atoms with Crippen molar-refractivity contribution < 1.29 is 4.39 Å². The summed E-state index contributed by atoms with van der Waals surface area (Å²) < 4.78 is 13.7. The molecule has 0 bridgehead atoms. The van der Waals surface area contributed by atoms with Gasteiger partial charge in [0, 0.05) is 11.5 Å². The Labute approximate surface area is 157 Å². The minimum absolute atomic E-state index is 0.387. The summed E-state index contributed by atoms with van der Waals surface area (Å²) in [4.78, 5) is 0. The van der Waals surface area contributed by atoms with Crippen molar-refractivity contribution in [1.29, 1.82) is 0 Å². The summed E-state index contributed by atoms with van der Waals surface area (Å²) in [6, 6.07) is 16.8. The average molecular weight is 349 g/mol. The maximum Gasteiger partial charge on any atom is 0.123 e. The van der Waals surface area contributed by atoms with E-state index in [1.807, 2.05) is 12.1 Å². The molecule has 1 heteroatoms. The summed E-state index contributed by atoms with van der Waals surface area (Å²) >= 11 is 0. The highest BCUT2D eigenvalue weighted by molar-refractivity contribution is 5.77. The molecule has 0 unspecified atom stereocenters. The number of benzene rings is 2. The molecule has 0 nitrogen and oxygen atoms in total. The van der Waals surface area contributed by atoms with Gasteiger partial charge in [-0.3, -0.25) is 0 Å². The highest BCUT2D eigenvalue weighted by Gasteiger charge is 2.21. The quantitative estimate of drug-likeness (QED) is 0.498. The van der Waals surface area contributed by atoms with E-state index in [0.29, 0.717) is 11.5 Å². The third-order valence-electron chi connectivity index (χ3n) is 4.55. The van der Waals surface area contributed by atoms with E-state index in [-0.39, 0.29) is 0 Å². The zero-order valence-corrected chi connectivity index (χ0v) is 16.0. The SMILES string of the molecule is C=C/C=C(\C(=C)F)c1cccc([C@H]2CCCc3ccccc32)c1.CCC. The molecule has 1 aliphatic carbocycles. The van der Waals surface area contributed by atoms with Gasteiger partial charge in [0.2, 0.25) is 0 Å². The Morgan fingerprint density at radius 2 is 1.88 bits per heavy atom. The van der Waals surface area contributed by atoms with Gasteiger partial charge in [0.25, 0.3) is 0 Å². The molecule has 0 aliphatic heterocycles. The van der Waals surface area contributed by atoms with Crippen molar-refractivity contribution in [2.45, 2.75) is 45.4 Å². The molecule has 1 atom stereocenters. The smallest absolute Gasteiger partial charge is 0.123 e. The number of hydrogen-bond donors (Lipinski definition) is 0. The zero-order chi connectivity index (χ0) is 18.9. The molecule has 26 heavy (non-hydrogen) atoms. The van der Waals surface area contributed by atoms with Crippen molar-refractivity contribution in [3.63, 3.8) is 0 Å². The number of fused-ring (bicyclic) bond motifs is 1. The number of allylic oxidation sites excluding steroid dienone is 4. The summed E-state index contributed by atoms with van der Waals surface area (Å²) in [6.45, 7) is 11.4. The monoisotopic (exact) mass is 348 g/mol. The van der Waals surface area contributed by atoms with Gasteiger partial charge in [-0.15, -0.1) is 0 Å². The fourth-order valence-corrected chi connectivity index (χ4v) is 3.48. The van der Waals surface area contributed by atoms with Crippen LogP contribution in [0.15, 0.2) is 79.7 Å². The molecule has 1 aliphatic rings. The first-order valence-corrected chi connectivity index (χ1v) is 9.47. The van der Waals surface area contributed by atoms with Crippen molar-refractivity contribution in [3.8, 4) is 0 Å². The van der Waals surface area contributed by atoms with Gasteiger partial charge in [0.15, 0.2) is 0 Å². The lowest BCUT2D eigenvalue weighted by Crippen LogP contribution is -2.11. The first kappa shape index (κ1) is 19.9. The summed E-state index contributed by atoms with van der Waals surface area (Å²) in [5.41, 5.74) is 5.45. The molecule has 0 fully saturated rings. The molecule has 136 valence electrons.